The summed E-state index contributed by atoms with van der Waals surface area (Å²) in [7, 11) is 0. The molecule has 0 unspecified atom stereocenters. The maximum Gasteiger partial charge on any atom is 0.420 e. The number of benzene rings is 1. The molecule has 2 aromatic heterocycles. The highest BCUT2D eigenvalue weighted by Gasteiger charge is 2.16. The van der Waals surface area contributed by atoms with Crippen molar-refractivity contribution in [3.05, 3.63) is 50.7 Å². The van der Waals surface area contributed by atoms with Gasteiger partial charge in [-0.05, 0) is 41.9 Å². The second-order valence-electron chi connectivity index (χ2n) is 4.58. The zero-order valence-electron chi connectivity index (χ0n) is 11.3. The van der Waals surface area contributed by atoms with E-state index in [2.05, 4.69) is 21.0 Å². The fraction of sp³-hybridized carbons (Fsp3) is 0.286. The zero-order chi connectivity index (χ0) is 14.3. The highest BCUT2D eigenvalue weighted by atomic mass is 79.9. The number of oxazole rings is 1. The van der Waals surface area contributed by atoms with Crippen molar-refractivity contribution in [3.63, 3.8) is 0 Å². The summed E-state index contributed by atoms with van der Waals surface area (Å²) in [4.78, 5) is 12.0. The van der Waals surface area contributed by atoms with E-state index >= 15 is 0 Å². The van der Waals surface area contributed by atoms with Gasteiger partial charge in [-0.25, -0.2) is 4.79 Å². The number of fused-ring (bicyclic) bond motifs is 1. The lowest BCUT2D eigenvalue weighted by Crippen LogP contribution is -2.17. The molecule has 0 saturated carbocycles. The van der Waals surface area contributed by atoms with Crippen LogP contribution in [0, 0.1) is 6.92 Å². The van der Waals surface area contributed by atoms with Crippen molar-refractivity contribution < 1.29 is 4.42 Å². The average Bonchev–Trinajstić information content (AvgIpc) is 2.90. The van der Waals surface area contributed by atoms with Crippen LogP contribution in [0.15, 0.2) is 37.9 Å². The number of aryl methyl sites for hydroxylation is 2. The number of aromatic nitrogens is 3. The summed E-state index contributed by atoms with van der Waals surface area (Å²) in [6.07, 6.45) is 0. The highest BCUT2D eigenvalue weighted by Crippen LogP contribution is 2.23. The number of hydrogen-bond donors (Lipinski definition) is 0. The predicted molar refractivity (Wildman–Crippen MR) is 79.9 cm³/mol. The summed E-state index contributed by atoms with van der Waals surface area (Å²) in [6, 6.07) is 7.43. The molecule has 2 heterocycles. The molecule has 3 rings (SSSR count). The molecule has 0 atom stereocenters. The van der Waals surface area contributed by atoms with Gasteiger partial charge in [0.1, 0.15) is 0 Å². The standard InChI is InChI=1S/C14H14BrN3O2/c1-3-18-11(13(15)9(2)16-18)8-17-10-6-4-5-7-12(10)20-14(17)19/h4-7H,3,8H2,1-2H3. The van der Waals surface area contributed by atoms with Crippen LogP contribution >= 0.6 is 15.9 Å². The molecule has 6 heteroatoms. The molecular weight excluding hydrogens is 322 g/mol. The normalized spacial score (nSPS) is 11.3. The van der Waals surface area contributed by atoms with Gasteiger partial charge >= 0.3 is 5.76 Å². The second kappa shape index (κ2) is 4.94. The number of halogens is 1. The van der Waals surface area contributed by atoms with Crippen LogP contribution in [-0.2, 0) is 13.1 Å². The molecule has 3 aromatic rings. The summed E-state index contributed by atoms with van der Waals surface area (Å²) in [5, 5.41) is 4.44. The summed E-state index contributed by atoms with van der Waals surface area (Å²) in [5.74, 6) is -0.348. The van der Waals surface area contributed by atoms with Crippen LogP contribution in [-0.4, -0.2) is 14.3 Å². The van der Waals surface area contributed by atoms with E-state index in [0.717, 1.165) is 27.9 Å². The topological polar surface area (TPSA) is 53.0 Å². The van der Waals surface area contributed by atoms with E-state index in [-0.39, 0.29) is 5.76 Å². The lowest BCUT2D eigenvalue weighted by Gasteiger charge is -2.06. The summed E-state index contributed by atoms with van der Waals surface area (Å²) >= 11 is 3.55. The van der Waals surface area contributed by atoms with Crippen LogP contribution in [0.1, 0.15) is 18.3 Å². The molecule has 104 valence electrons. The number of rotatable bonds is 3. The summed E-state index contributed by atoms with van der Waals surface area (Å²) in [6.45, 7) is 5.16. The molecule has 5 nitrogen and oxygen atoms in total. The summed E-state index contributed by atoms with van der Waals surface area (Å²) < 4.78 is 9.72. The van der Waals surface area contributed by atoms with Gasteiger partial charge in [0.2, 0.25) is 0 Å². The van der Waals surface area contributed by atoms with Crippen molar-refractivity contribution in [3.8, 4) is 0 Å². The Morgan fingerprint density at radius 3 is 2.85 bits per heavy atom. The maximum absolute atomic E-state index is 12.0. The van der Waals surface area contributed by atoms with Gasteiger partial charge in [-0.2, -0.15) is 5.10 Å². The van der Waals surface area contributed by atoms with Gasteiger partial charge in [0.15, 0.2) is 5.58 Å². The first kappa shape index (κ1) is 13.2. The largest absolute Gasteiger partial charge is 0.420 e. The fourth-order valence-corrected chi connectivity index (χ4v) is 2.74. The molecule has 0 fully saturated rings. The molecule has 0 saturated heterocycles. The third-order valence-electron chi connectivity index (χ3n) is 3.33. The number of hydrogen-bond acceptors (Lipinski definition) is 3. The van der Waals surface area contributed by atoms with E-state index < -0.39 is 0 Å². The fourth-order valence-electron chi connectivity index (χ4n) is 2.33. The van der Waals surface area contributed by atoms with Gasteiger partial charge in [0.25, 0.3) is 0 Å². The first-order valence-electron chi connectivity index (χ1n) is 6.42. The Balaban J connectivity index is 2.15. The van der Waals surface area contributed by atoms with Crippen molar-refractivity contribution in [1.29, 1.82) is 0 Å². The van der Waals surface area contributed by atoms with E-state index in [1.807, 2.05) is 36.7 Å². The van der Waals surface area contributed by atoms with Crippen molar-refractivity contribution >= 4 is 27.0 Å². The van der Waals surface area contributed by atoms with Crippen LogP contribution in [0.4, 0.5) is 0 Å². The Morgan fingerprint density at radius 2 is 2.10 bits per heavy atom. The first-order valence-corrected chi connectivity index (χ1v) is 7.21. The molecule has 0 aliphatic heterocycles. The molecule has 0 spiro atoms. The van der Waals surface area contributed by atoms with Crippen LogP contribution in [0.25, 0.3) is 11.1 Å². The van der Waals surface area contributed by atoms with Crippen molar-refractivity contribution in [2.45, 2.75) is 26.9 Å². The predicted octanol–water partition coefficient (Wildman–Crippen LogP) is 2.93. The molecule has 20 heavy (non-hydrogen) atoms. The van der Waals surface area contributed by atoms with Gasteiger partial charge < -0.3 is 4.42 Å². The van der Waals surface area contributed by atoms with E-state index in [4.69, 9.17) is 4.42 Å². The molecule has 0 aliphatic carbocycles. The van der Waals surface area contributed by atoms with Gasteiger partial charge in [-0.1, -0.05) is 12.1 Å². The van der Waals surface area contributed by atoms with E-state index in [1.165, 1.54) is 0 Å². The molecule has 0 N–H and O–H groups in total. The third-order valence-corrected chi connectivity index (χ3v) is 4.37. The van der Waals surface area contributed by atoms with Crippen LogP contribution in [0.5, 0.6) is 0 Å². The number of para-hydroxylation sites is 2. The van der Waals surface area contributed by atoms with Gasteiger partial charge in [0, 0.05) is 6.54 Å². The molecule has 0 aliphatic rings. The Bertz CT molecular complexity index is 829. The molecule has 0 amide bonds. The van der Waals surface area contributed by atoms with Crippen LogP contribution in [0.2, 0.25) is 0 Å². The number of nitrogens with zero attached hydrogens (tertiary/aromatic N) is 3. The minimum absolute atomic E-state index is 0.348. The molecule has 0 radical (unpaired) electrons. The zero-order valence-corrected chi connectivity index (χ0v) is 12.8. The average molecular weight is 336 g/mol. The van der Waals surface area contributed by atoms with Crippen molar-refractivity contribution in [1.82, 2.24) is 14.3 Å². The molecular formula is C14H14BrN3O2. The molecule has 1 aromatic carbocycles. The van der Waals surface area contributed by atoms with Gasteiger partial charge in [0.05, 0.1) is 27.9 Å². The van der Waals surface area contributed by atoms with E-state index in [1.54, 1.807) is 10.6 Å². The lowest BCUT2D eigenvalue weighted by molar-refractivity contribution is 0.507. The Labute approximate surface area is 123 Å². The van der Waals surface area contributed by atoms with Crippen LogP contribution < -0.4 is 5.76 Å². The maximum atomic E-state index is 12.0. The van der Waals surface area contributed by atoms with Gasteiger partial charge in [-0.3, -0.25) is 9.25 Å². The first-order chi connectivity index (χ1) is 9.61. The van der Waals surface area contributed by atoms with Gasteiger partial charge in [-0.15, -0.1) is 0 Å². The monoisotopic (exact) mass is 335 g/mol. The smallest absolute Gasteiger partial charge is 0.408 e. The van der Waals surface area contributed by atoms with Crippen molar-refractivity contribution in [2.75, 3.05) is 0 Å². The highest BCUT2D eigenvalue weighted by molar-refractivity contribution is 9.10. The minimum Gasteiger partial charge on any atom is -0.408 e. The Hall–Kier alpha value is -1.82. The Kier molecular flexibility index (Phi) is 3.25. The quantitative estimate of drug-likeness (QED) is 0.739. The minimum atomic E-state index is -0.348. The van der Waals surface area contributed by atoms with Crippen molar-refractivity contribution in [2.24, 2.45) is 0 Å². The SMILES string of the molecule is CCn1nc(C)c(Br)c1Cn1c(=O)oc2ccccc21. The summed E-state index contributed by atoms with van der Waals surface area (Å²) in [5.41, 5.74) is 3.29. The molecule has 0 bridgehead atoms. The van der Waals surface area contributed by atoms with E-state index in [9.17, 15) is 4.79 Å². The third kappa shape index (κ3) is 2.00. The van der Waals surface area contributed by atoms with Crippen LogP contribution in [0.3, 0.4) is 0 Å². The second-order valence-corrected chi connectivity index (χ2v) is 5.38. The van der Waals surface area contributed by atoms with E-state index in [0.29, 0.717) is 12.1 Å². The Morgan fingerprint density at radius 1 is 1.35 bits per heavy atom. The lowest BCUT2D eigenvalue weighted by atomic mass is 10.3.